The van der Waals surface area contributed by atoms with Crippen molar-refractivity contribution < 1.29 is 9.18 Å². The minimum absolute atomic E-state index is 0.0309. The third-order valence-electron chi connectivity index (χ3n) is 3.53. The third-order valence-corrected chi connectivity index (χ3v) is 4.79. The van der Waals surface area contributed by atoms with Crippen molar-refractivity contribution in [2.45, 2.75) is 26.8 Å². The van der Waals surface area contributed by atoms with Crippen molar-refractivity contribution in [1.82, 2.24) is 15.6 Å². The highest BCUT2D eigenvalue weighted by Gasteiger charge is 2.15. The molecule has 0 radical (unpaired) electrons. The molecule has 1 heterocycles. The molecule has 0 saturated heterocycles. The molecule has 2 amide bonds. The van der Waals surface area contributed by atoms with Crippen molar-refractivity contribution in [2.24, 2.45) is 0 Å². The van der Waals surface area contributed by atoms with Crippen molar-refractivity contribution in [3.05, 3.63) is 45.2 Å². The van der Waals surface area contributed by atoms with Crippen LogP contribution in [0, 0.1) is 31.0 Å². The summed E-state index contributed by atoms with van der Waals surface area (Å²) in [6, 6.07) is 5.79. The first-order valence-electron chi connectivity index (χ1n) is 7.83. The standard InChI is InChI=1S/C17H20FN5OS/c1-10-16(25-12(3)22-10)11(2)23-17(24)21-8-7-20-15-6-4-5-14(18)13(15)9-19/h4-6,11,20H,7-8H2,1-3H3,(H2,21,23,24)/t11-/m1/s1. The SMILES string of the molecule is Cc1nc(C)c([C@@H](C)NC(=O)NCCNc2cccc(F)c2C#N)s1. The predicted molar refractivity (Wildman–Crippen MR) is 96.1 cm³/mol. The molecule has 0 bridgehead atoms. The predicted octanol–water partition coefficient (Wildman–Crippen LogP) is 3.24. The van der Waals surface area contributed by atoms with E-state index in [0.29, 0.717) is 18.8 Å². The van der Waals surface area contributed by atoms with E-state index in [2.05, 4.69) is 20.9 Å². The van der Waals surface area contributed by atoms with Gasteiger partial charge < -0.3 is 16.0 Å². The maximum absolute atomic E-state index is 13.5. The fraction of sp³-hybridized carbons (Fsp3) is 0.353. The summed E-state index contributed by atoms with van der Waals surface area (Å²) in [6.45, 7) is 6.47. The van der Waals surface area contributed by atoms with Gasteiger partial charge in [0.05, 0.1) is 22.4 Å². The van der Waals surface area contributed by atoms with Gasteiger partial charge in [-0.2, -0.15) is 5.26 Å². The Labute approximate surface area is 150 Å². The molecular formula is C17H20FN5OS. The molecule has 0 unspecified atom stereocenters. The van der Waals surface area contributed by atoms with E-state index in [1.807, 2.05) is 26.8 Å². The minimum Gasteiger partial charge on any atom is -0.382 e. The number of thiazole rings is 1. The quantitative estimate of drug-likeness (QED) is 0.689. The van der Waals surface area contributed by atoms with E-state index in [1.165, 1.54) is 12.1 Å². The van der Waals surface area contributed by atoms with E-state index in [9.17, 15) is 9.18 Å². The summed E-state index contributed by atoms with van der Waals surface area (Å²) in [5, 5.41) is 18.5. The molecule has 1 atom stereocenters. The van der Waals surface area contributed by atoms with Crippen molar-refractivity contribution in [3.8, 4) is 6.07 Å². The van der Waals surface area contributed by atoms with E-state index in [0.717, 1.165) is 15.6 Å². The van der Waals surface area contributed by atoms with Gasteiger partial charge in [0.1, 0.15) is 17.4 Å². The molecule has 0 fully saturated rings. The molecule has 8 heteroatoms. The second-order valence-electron chi connectivity index (χ2n) is 5.51. The molecule has 2 aromatic rings. The molecule has 0 aliphatic heterocycles. The van der Waals surface area contributed by atoms with E-state index in [-0.39, 0.29) is 17.6 Å². The lowest BCUT2D eigenvalue weighted by molar-refractivity contribution is 0.238. The Morgan fingerprint density at radius 1 is 1.40 bits per heavy atom. The molecule has 3 N–H and O–H groups in total. The van der Waals surface area contributed by atoms with Gasteiger partial charge in [0, 0.05) is 18.0 Å². The largest absolute Gasteiger partial charge is 0.382 e. The highest BCUT2D eigenvalue weighted by atomic mass is 32.1. The number of aryl methyl sites for hydroxylation is 2. The number of carbonyl (C=O) groups excluding carboxylic acids is 1. The van der Waals surface area contributed by atoms with E-state index in [4.69, 9.17) is 5.26 Å². The summed E-state index contributed by atoms with van der Waals surface area (Å²) >= 11 is 1.56. The number of benzene rings is 1. The van der Waals surface area contributed by atoms with Crippen LogP contribution in [-0.2, 0) is 0 Å². The number of anilines is 1. The Hall–Kier alpha value is -2.66. The van der Waals surface area contributed by atoms with Gasteiger partial charge in [-0.05, 0) is 32.9 Å². The third kappa shape index (κ3) is 4.90. The number of halogens is 1. The molecule has 25 heavy (non-hydrogen) atoms. The zero-order valence-corrected chi connectivity index (χ0v) is 15.1. The van der Waals surface area contributed by atoms with Crippen molar-refractivity contribution in [3.63, 3.8) is 0 Å². The van der Waals surface area contributed by atoms with Crippen LogP contribution in [-0.4, -0.2) is 24.1 Å². The molecule has 132 valence electrons. The molecule has 0 aliphatic rings. The summed E-state index contributed by atoms with van der Waals surface area (Å²) in [5.41, 5.74) is 1.30. The first-order valence-corrected chi connectivity index (χ1v) is 8.64. The zero-order chi connectivity index (χ0) is 18.4. The van der Waals surface area contributed by atoms with Crippen LogP contribution in [0.2, 0.25) is 0 Å². The molecule has 0 saturated carbocycles. The molecule has 1 aromatic heterocycles. The van der Waals surface area contributed by atoms with Crippen LogP contribution in [0.4, 0.5) is 14.9 Å². The number of nitrogens with zero attached hydrogens (tertiary/aromatic N) is 2. The number of rotatable bonds is 6. The Morgan fingerprint density at radius 3 is 2.80 bits per heavy atom. The second-order valence-corrected chi connectivity index (χ2v) is 6.74. The number of nitriles is 1. The van der Waals surface area contributed by atoms with Gasteiger partial charge in [-0.25, -0.2) is 14.2 Å². The van der Waals surface area contributed by atoms with Gasteiger partial charge in [0.15, 0.2) is 0 Å². The molecule has 0 spiro atoms. The van der Waals surface area contributed by atoms with Crippen molar-refractivity contribution in [2.75, 3.05) is 18.4 Å². The highest BCUT2D eigenvalue weighted by Crippen LogP contribution is 2.24. The number of amides is 2. The summed E-state index contributed by atoms with van der Waals surface area (Å²) in [5.74, 6) is -0.567. The van der Waals surface area contributed by atoms with Gasteiger partial charge in [0.25, 0.3) is 0 Å². The van der Waals surface area contributed by atoms with Crippen LogP contribution in [0.25, 0.3) is 0 Å². The van der Waals surface area contributed by atoms with Crippen molar-refractivity contribution in [1.29, 1.82) is 5.26 Å². The van der Waals surface area contributed by atoms with Crippen molar-refractivity contribution >= 4 is 23.1 Å². The van der Waals surface area contributed by atoms with Crippen LogP contribution in [0.5, 0.6) is 0 Å². The van der Waals surface area contributed by atoms with Gasteiger partial charge in [0.2, 0.25) is 0 Å². The summed E-state index contributed by atoms with van der Waals surface area (Å²) < 4.78 is 13.5. The van der Waals surface area contributed by atoms with E-state index in [1.54, 1.807) is 17.4 Å². The summed E-state index contributed by atoms with van der Waals surface area (Å²) in [6.07, 6.45) is 0. The van der Waals surface area contributed by atoms with Gasteiger partial charge in [-0.3, -0.25) is 0 Å². The lowest BCUT2D eigenvalue weighted by Gasteiger charge is -2.14. The zero-order valence-electron chi connectivity index (χ0n) is 14.3. The van der Waals surface area contributed by atoms with E-state index < -0.39 is 5.82 Å². The fourth-order valence-corrected chi connectivity index (χ4v) is 3.35. The second kappa shape index (κ2) is 8.44. The van der Waals surface area contributed by atoms with Gasteiger partial charge >= 0.3 is 6.03 Å². The number of hydrogen-bond donors (Lipinski definition) is 3. The Balaban J connectivity index is 1.79. The first-order chi connectivity index (χ1) is 11.9. The lowest BCUT2D eigenvalue weighted by Crippen LogP contribution is -2.39. The number of nitrogens with one attached hydrogen (secondary N) is 3. The van der Waals surface area contributed by atoms with Crippen LogP contribution in [0.15, 0.2) is 18.2 Å². The highest BCUT2D eigenvalue weighted by molar-refractivity contribution is 7.11. The maximum atomic E-state index is 13.5. The van der Waals surface area contributed by atoms with Gasteiger partial charge in [-0.1, -0.05) is 6.07 Å². The average molecular weight is 361 g/mol. The van der Waals surface area contributed by atoms with Crippen LogP contribution in [0.3, 0.4) is 0 Å². The lowest BCUT2D eigenvalue weighted by atomic mass is 10.2. The Morgan fingerprint density at radius 2 is 2.16 bits per heavy atom. The monoisotopic (exact) mass is 361 g/mol. The molecule has 6 nitrogen and oxygen atoms in total. The summed E-state index contributed by atoms with van der Waals surface area (Å²) in [7, 11) is 0. The molecule has 1 aromatic carbocycles. The fourth-order valence-electron chi connectivity index (χ4n) is 2.42. The van der Waals surface area contributed by atoms with Crippen LogP contribution in [0.1, 0.15) is 34.1 Å². The first kappa shape index (κ1) is 18.7. The van der Waals surface area contributed by atoms with Crippen LogP contribution < -0.4 is 16.0 Å². The molecule has 2 rings (SSSR count). The summed E-state index contributed by atoms with van der Waals surface area (Å²) in [4.78, 5) is 17.3. The van der Waals surface area contributed by atoms with Gasteiger partial charge in [-0.15, -0.1) is 11.3 Å². The average Bonchev–Trinajstić information content (AvgIpc) is 2.90. The van der Waals surface area contributed by atoms with E-state index >= 15 is 0 Å². The number of carbonyl (C=O) groups is 1. The minimum atomic E-state index is -0.567. The normalized spacial score (nSPS) is 11.5. The maximum Gasteiger partial charge on any atom is 0.315 e. The molecule has 0 aliphatic carbocycles. The number of aromatic nitrogens is 1. The molecular weight excluding hydrogens is 341 g/mol. The smallest absolute Gasteiger partial charge is 0.315 e. The Bertz CT molecular complexity index is 799. The topological polar surface area (TPSA) is 89.8 Å². The Kier molecular flexibility index (Phi) is 6.31. The number of urea groups is 1. The number of hydrogen-bond acceptors (Lipinski definition) is 5. The van der Waals surface area contributed by atoms with Crippen LogP contribution >= 0.6 is 11.3 Å².